The van der Waals surface area contributed by atoms with Gasteiger partial charge in [-0.05, 0) is 11.4 Å². The van der Waals surface area contributed by atoms with E-state index < -0.39 is 0 Å². The van der Waals surface area contributed by atoms with E-state index in [1.54, 1.807) is 16.8 Å². The van der Waals surface area contributed by atoms with E-state index in [1.165, 1.54) is 23.1 Å². The van der Waals surface area contributed by atoms with Crippen molar-refractivity contribution in [3.63, 3.8) is 0 Å². The van der Waals surface area contributed by atoms with Crippen molar-refractivity contribution in [2.75, 3.05) is 11.1 Å². The van der Waals surface area contributed by atoms with Gasteiger partial charge in [0, 0.05) is 7.05 Å². The summed E-state index contributed by atoms with van der Waals surface area (Å²) in [5.41, 5.74) is 1.57. The Kier molecular flexibility index (Phi) is 4.27. The second kappa shape index (κ2) is 6.33. The molecule has 3 heterocycles. The summed E-state index contributed by atoms with van der Waals surface area (Å²) in [5.74, 6) is 0.908. The van der Waals surface area contributed by atoms with E-state index in [0.717, 1.165) is 10.7 Å². The minimum Gasteiger partial charge on any atom is -0.304 e. The van der Waals surface area contributed by atoms with E-state index in [0.29, 0.717) is 10.3 Å². The number of rotatable bonds is 5. The molecule has 0 fully saturated rings. The molecule has 0 bridgehead atoms. The molecule has 3 aromatic rings. The number of nitrogens with zero attached hydrogens (tertiary/aromatic N) is 5. The van der Waals surface area contributed by atoms with Crippen molar-refractivity contribution >= 4 is 45.5 Å². The number of aromatic nitrogens is 5. The average Bonchev–Trinajstić information content (AvgIpc) is 3.18. The van der Waals surface area contributed by atoms with Crippen LogP contribution in [0.5, 0.6) is 0 Å². The van der Waals surface area contributed by atoms with E-state index in [1.807, 2.05) is 29.1 Å². The monoisotopic (exact) mass is 338 g/mol. The number of thioether (sulfide) groups is 1. The summed E-state index contributed by atoms with van der Waals surface area (Å²) in [5, 5.41) is 21.6. The van der Waals surface area contributed by atoms with Crippen LogP contribution in [0, 0.1) is 0 Å². The van der Waals surface area contributed by atoms with Crippen LogP contribution >= 0.6 is 34.4 Å². The smallest absolute Gasteiger partial charge is 0.236 e. The quantitative estimate of drug-likeness (QED) is 0.717. The molecule has 0 unspecified atom stereocenters. The van der Waals surface area contributed by atoms with Gasteiger partial charge in [0.25, 0.3) is 0 Å². The van der Waals surface area contributed by atoms with Gasteiger partial charge in [-0.1, -0.05) is 29.2 Å². The second-order valence-corrected chi connectivity index (χ2v) is 6.65. The topological polar surface area (TPSA) is 85.6 Å². The molecule has 7 nitrogen and oxygen atoms in total. The van der Waals surface area contributed by atoms with Crippen LogP contribution in [0.25, 0.3) is 10.7 Å². The Balaban J connectivity index is 1.62. The van der Waals surface area contributed by atoms with E-state index >= 15 is 0 Å². The van der Waals surface area contributed by atoms with E-state index in [2.05, 4.69) is 25.7 Å². The van der Waals surface area contributed by atoms with Gasteiger partial charge in [-0.2, -0.15) is 0 Å². The van der Waals surface area contributed by atoms with Gasteiger partial charge in [0.05, 0.1) is 10.6 Å². The average molecular weight is 338 g/mol. The molecule has 3 aromatic heterocycles. The SMILES string of the molecule is Cn1c(SCC(=O)Nc2nncs2)nnc1-c1cccs1. The van der Waals surface area contributed by atoms with Crippen molar-refractivity contribution in [3.8, 4) is 10.7 Å². The van der Waals surface area contributed by atoms with Crippen molar-refractivity contribution in [1.29, 1.82) is 0 Å². The zero-order valence-electron chi connectivity index (χ0n) is 10.9. The maximum absolute atomic E-state index is 11.8. The highest BCUT2D eigenvalue weighted by Crippen LogP contribution is 2.26. The molecule has 3 rings (SSSR count). The lowest BCUT2D eigenvalue weighted by Gasteiger charge is -2.02. The molecule has 0 aliphatic carbocycles. The fourth-order valence-corrected chi connectivity index (χ4v) is 3.49. The van der Waals surface area contributed by atoms with Crippen molar-refractivity contribution in [2.24, 2.45) is 7.05 Å². The van der Waals surface area contributed by atoms with Gasteiger partial charge >= 0.3 is 0 Å². The number of hydrogen-bond donors (Lipinski definition) is 1. The molecule has 0 atom stereocenters. The van der Waals surface area contributed by atoms with Gasteiger partial charge < -0.3 is 4.57 Å². The normalized spacial score (nSPS) is 10.7. The predicted octanol–water partition coefficient (Wildman–Crippen LogP) is 2.13. The summed E-state index contributed by atoms with van der Waals surface area (Å²) < 4.78 is 1.88. The number of amides is 1. The molecule has 0 aliphatic rings. The molecular weight excluding hydrogens is 328 g/mol. The van der Waals surface area contributed by atoms with Crippen molar-refractivity contribution < 1.29 is 4.79 Å². The molecule has 1 amide bonds. The van der Waals surface area contributed by atoms with E-state index in [9.17, 15) is 4.79 Å². The standard InChI is InChI=1S/C11H10N6OS3/c1-17-9(7-3-2-4-19-7)14-16-11(17)20-5-8(18)13-10-15-12-6-21-10/h2-4,6H,5H2,1H3,(H,13,15,18). The summed E-state index contributed by atoms with van der Waals surface area (Å²) >= 11 is 4.22. The fourth-order valence-electron chi connectivity index (χ4n) is 1.57. The van der Waals surface area contributed by atoms with E-state index in [-0.39, 0.29) is 11.7 Å². The zero-order valence-corrected chi connectivity index (χ0v) is 13.3. The molecule has 1 N–H and O–H groups in total. The lowest BCUT2D eigenvalue weighted by atomic mass is 10.4. The lowest BCUT2D eigenvalue weighted by Crippen LogP contribution is -2.14. The predicted molar refractivity (Wildman–Crippen MR) is 83.6 cm³/mol. The van der Waals surface area contributed by atoms with Gasteiger partial charge in [0.1, 0.15) is 5.51 Å². The van der Waals surface area contributed by atoms with Gasteiger partial charge in [-0.3, -0.25) is 10.1 Å². The molecular formula is C11H10N6OS3. The van der Waals surface area contributed by atoms with Crippen LogP contribution in [0.15, 0.2) is 28.2 Å². The summed E-state index contributed by atoms with van der Waals surface area (Å²) in [6.07, 6.45) is 0. The largest absolute Gasteiger partial charge is 0.304 e. The number of anilines is 1. The second-order valence-electron chi connectivity index (χ2n) is 3.92. The van der Waals surface area contributed by atoms with Crippen molar-refractivity contribution in [3.05, 3.63) is 23.0 Å². The number of carbonyl (C=O) groups is 1. The van der Waals surface area contributed by atoms with Gasteiger partial charge in [0.15, 0.2) is 11.0 Å². The van der Waals surface area contributed by atoms with Crippen LogP contribution in [0.4, 0.5) is 5.13 Å². The number of hydrogen-bond acceptors (Lipinski definition) is 8. The van der Waals surface area contributed by atoms with Gasteiger partial charge in [0.2, 0.25) is 11.0 Å². The molecule has 0 saturated heterocycles. The van der Waals surface area contributed by atoms with Gasteiger partial charge in [-0.25, -0.2) is 0 Å². The highest BCUT2D eigenvalue weighted by Gasteiger charge is 2.13. The highest BCUT2D eigenvalue weighted by molar-refractivity contribution is 7.99. The molecule has 0 saturated carbocycles. The molecule has 0 radical (unpaired) electrons. The van der Waals surface area contributed by atoms with Crippen molar-refractivity contribution in [1.82, 2.24) is 25.0 Å². The Morgan fingerprint density at radius 1 is 1.38 bits per heavy atom. The minimum atomic E-state index is -0.141. The van der Waals surface area contributed by atoms with Crippen LogP contribution in [0.2, 0.25) is 0 Å². The number of carbonyl (C=O) groups excluding carboxylic acids is 1. The first-order valence-corrected chi connectivity index (χ1v) is 8.60. The zero-order chi connectivity index (χ0) is 14.7. The summed E-state index contributed by atoms with van der Waals surface area (Å²) in [4.78, 5) is 12.8. The Morgan fingerprint density at radius 3 is 3.00 bits per heavy atom. The third-order valence-electron chi connectivity index (χ3n) is 2.52. The Labute approximate surface area is 132 Å². The molecule has 10 heteroatoms. The summed E-state index contributed by atoms with van der Waals surface area (Å²) in [6.45, 7) is 0. The molecule has 0 spiro atoms. The van der Waals surface area contributed by atoms with E-state index in [4.69, 9.17) is 0 Å². The van der Waals surface area contributed by atoms with Crippen LogP contribution in [0.1, 0.15) is 0 Å². The molecule has 0 aromatic carbocycles. The van der Waals surface area contributed by atoms with Crippen LogP contribution in [-0.4, -0.2) is 36.6 Å². The first-order valence-electron chi connectivity index (χ1n) is 5.86. The first kappa shape index (κ1) is 14.2. The molecule has 108 valence electrons. The minimum absolute atomic E-state index is 0.141. The number of nitrogens with one attached hydrogen (secondary N) is 1. The number of thiophene rings is 1. The molecule has 0 aliphatic heterocycles. The highest BCUT2D eigenvalue weighted by atomic mass is 32.2. The Hall–Kier alpha value is -1.78. The van der Waals surface area contributed by atoms with Crippen LogP contribution in [-0.2, 0) is 11.8 Å². The first-order chi connectivity index (χ1) is 10.2. The summed E-state index contributed by atoms with van der Waals surface area (Å²) in [7, 11) is 1.89. The molecule has 21 heavy (non-hydrogen) atoms. The summed E-state index contributed by atoms with van der Waals surface area (Å²) in [6, 6.07) is 3.96. The van der Waals surface area contributed by atoms with Gasteiger partial charge in [-0.15, -0.1) is 31.7 Å². The maximum atomic E-state index is 11.8. The van der Waals surface area contributed by atoms with Crippen molar-refractivity contribution in [2.45, 2.75) is 5.16 Å². The third kappa shape index (κ3) is 3.28. The fraction of sp³-hybridized carbons (Fsp3) is 0.182. The van der Waals surface area contributed by atoms with Crippen LogP contribution in [0.3, 0.4) is 0 Å². The van der Waals surface area contributed by atoms with Crippen LogP contribution < -0.4 is 5.32 Å². The Morgan fingerprint density at radius 2 is 2.29 bits per heavy atom. The lowest BCUT2D eigenvalue weighted by molar-refractivity contribution is -0.113. The maximum Gasteiger partial charge on any atom is 0.236 e. The third-order valence-corrected chi connectivity index (χ3v) is 5.01. The Bertz CT molecular complexity index is 721.